The predicted octanol–water partition coefficient (Wildman–Crippen LogP) is 5.51. The van der Waals surface area contributed by atoms with Crippen LogP contribution in [0.2, 0.25) is 0 Å². The van der Waals surface area contributed by atoms with E-state index in [1.54, 1.807) is 0 Å². The van der Waals surface area contributed by atoms with Gasteiger partial charge in [0.15, 0.2) is 0 Å². The van der Waals surface area contributed by atoms with Crippen LogP contribution in [0.25, 0.3) is 22.5 Å². The first-order valence-electron chi connectivity index (χ1n) is 10.8. The van der Waals surface area contributed by atoms with Crippen molar-refractivity contribution in [2.45, 2.75) is 26.3 Å². The summed E-state index contributed by atoms with van der Waals surface area (Å²) in [5.74, 6) is -0.408. The minimum Gasteiger partial charge on any atom is -0.464 e. The topological polar surface area (TPSA) is 64.1 Å². The monoisotopic (exact) mass is 502 g/mol. The van der Waals surface area contributed by atoms with Crippen LogP contribution in [-0.2, 0) is 24.1 Å². The van der Waals surface area contributed by atoms with Gasteiger partial charge in [0, 0.05) is 12.1 Å². The van der Waals surface area contributed by atoms with E-state index in [4.69, 9.17) is 4.74 Å². The molecule has 6 heteroatoms. The summed E-state index contributed by atoms with van der Waals surface area (Å²) in [7, 11) is 1.39. The number of esters is 1. The number of aryl methyl sites for hydroxylation is 2. The molecule has 2 aromatic carbocycles. The number of methoxy groups -OCH3 is 1. The van der Waals surface area contributed by atoms with Crippen LogP contribution in [0.15, 0.2) is 69.9 Å². The SMILES string of the molecule is COC(=O)c1c(Br)c2c(n1Cc1ccccc1C)-c1[nH]c(=O)c(-c3ccccc3)cc1CC2. The third kappa shape index (κ3) is 3.64. The summed E-state index contributed by atoms with van der Waals surface area (Å²) in [6, 6.07) is 19.8. The van der Waals surface area contributed by atoms with E-state index in [1.165, 1.54) is 7.11 Å². The number of carbonyl (C=O) groups is 1. The highest BCUT2D eigenvalue weighted by Gasteiger charge is 2.31. The van der Waals surface area contributed by atoms with Crippen molar-refractivity contribution in [1.29, 1.82) is 0 Å². The lowest BCUT2D eigenvalue weighted by molar-refractivity contribution is 0.0588. The zero-order valence-electron chi connectivity index (χ0n) is 18.4. The summed E-state index contributed by atoms with van der Waals surface area (Å²) in [6.07, 6.45) is 1.53. The van der Waals surface area contributed by atoms with E-state index in [2.05, 4.69) is 40.0 Å². The van der Waals surface area contributed by atoms with E-state index >= 15 is 0 Å². The van der Waals surface area contributed by atoms with Crippen molar-refractivity contribution < 1.29 is 9.53 Å². The highest BCUT2D eigenvalue weighted by atomic mass is 79.9. The molecule has 0 unspecified atom stereocenters. The van der Waals surface area contributed by atoms with E-state index in [-0.39, 0.29) is 5.56 Å². The molecule has 0 atom stereocenters. The summed E-state index contributed by atoms with van der Waals surface area (Å²) >= 11 is 3.67. The van der Waals surface area contributed by atoms with Gasteiger partial charge in [-0.05, 0) is 69.6 Å². The lowest BCUT2D eigenvalue weighted by Crippen LogP contribution is -2.19. The van der Waals surface area contributed by atoms with E-state index in [9.17, 15) is 9.59 Å². The molecule has 0 fully saturated rings. The number of nitrogens with one attached hydrogen (secondary N) is 1. The third-order valence-electron chi connectivity index (χ3n) is 6.36. The van der Waals surface area contributed by atoms with Gasteiger partial charge in [0.2, 0.25) is 0 Å². The summed E-state index contributed by atoms with van der Waals surface area (Å²) in [6.45, 7) is 2.55. The highest BCUT2D eigenvalue weighted by Crippen LogP contribution is 2.41. The number of aromatic amines is 1. The first kappa shape index (κ1) is 21.5. The number of ether oxygens (including phenoxy) is 1. The maximum atomic E-state index is 13.1. The number of nitrogens with zero attached hydrogens (tertiary/aromatic N) is 1. The molecule has 1 aliphatic rings. The molecule has 2 aromatic heterocycles. The molecule has 0 amide bonds. The molecule has 1 aliphatic carbocycles. The molecule has 5 nitrogen and oxygen atoms in total. The zero-order chi connectivity index (χ0) is 23.1. The summed E-state index contributed by atoms with van der Waals surface area (Å²) in [4.78, 5) is 29.1. The predicted molar refractivity (Wildman–Crippen MR) is 133 cm³/mol. The largest absolute Gasteiger partial charge is 0.464 e. The number of rotatable bonds is 4. The van der Waals surface area contributed by atoms with Crippen molar-refractivity contribution in [2.24, 2.45) is 0 Å². The molecule has 0 saturated heterocycles. The fourth-order valence-corrected chi connectivity index (χ4v) is 5.40. The molecular weight excluding hydrogens is 480 g/mol. The van der Waals surface area contributed by atoms with Gasteiger partial charge in [-0.1, -0.05) is 54.6 Å². The van der Waals surface area contributed by atoms with Crippen LogP contribution >= 0.6 is 15.9 Å². The fourth-order valence-electron chi connectivity index (χ4n) is 4.64. The minimum atomic E-state index is -0.408. The Morgan fingerprint density at radius 3 is 2.55 bits per heavy atom. The van der Waals surface area contributed by atoms with Crippen LogP contribution in [0.4, 0.5) is 0 Å². The van der Waals surface area contributed by atoms with Crippen LogP contribution in [0.3, 0.4) is 0 Å². The Morgan fingerprint density at radius 2 is 1.82 bits per heavy atom. The van der Waals surface area contributed by atoms with Crippen molar-refractivity contribution in [3.05, 3.63) is 103 Å². The Balaban J connectivity index is 1.74. The van der Waals surface area contributed by atoms with Gasteiger partial charge in [-0.25, -0.2) is 4.79 Å². The molecule has 0 spiro atoms. The van der Waals surface area contributed by atoms with Crippen molar-refractivity contribution in [3.63, 3.8) is 0 Å². The van der Waals surface area contributed by atoms with Crippen molar-refractivity contribution >= 4 is 21.9 Å². The molecule has 0 bridgehead atoms. The molecule has 2 heterocycles. The normalized spacial score (nSPS) is 12.2. The summed E-state index contributed by atoms with van der Waals surface area (Å²) in [5.41, 5.74) is 7.81. The molecule has 0 radical (unpaired) electrons. The van der Waals surface area contributed by atoms with Gasteiger partial charge in [-0.15, -0.1) is 0 Å². The lowest BCUT2D eigenvalue weighted by atomic mass is 9.92. The van der Waals surface area contributed by atoms with Crippen LogP contribution in [0, 0.1) is 6.92 Å². The number of benzene rings is 2. The van der Waals surface area contributed by atoms with Crippen molar-refractivity contribution in [3.8, 4) is 22.5 Å². The summed E-state index contributed by atoms with van der Waals surface area (Å²) in [5, 5.41) is 0. The second-order valence-electron chi connectivity index (χ2n) is 8.27. The van der Waals surface area contributed by atoms with E-state index in [0.717, 1.165) is 56.5 Å². The molecule has 5 rings (SSSR count). The van der Waals surface area contributed by atoms with Gasteiger partial charge in [-0.2, -0.15) is 0 Å². The smallest absolute Gasteiger partial charge is 0.355 e. The Bertz CT molecular complexity index is 1430. The van der Waals surface area contributed by atoms with Crippen molar-refractivity contribution in [1.82, 2.24) is 9.55 Å². The summed E-state index contributed by atoms with van der Waals surface area (Å²) < 4.78 is 7.84. The van der Waals surface area contributed by atoms with Crippen LogP contribution in [0.1, 0.15) is 32.7 Å². The van der Waals surface area contributed by atoms with Crippen LogP contribution in [-0.4, -0.2) is 22.6 Å². The van der Waals surface area contributed by atoms with E-state index < -0.39 is 5.97 Å². The first-order valence-corrected chi connectivity index (χ1v) is 11.6. The minimum absolute atomic E-state index is 0.146. The number of fused-ring (bicyclic) bond motifs is 3. The standard InChI is InChI=1S/C27H23BrN2O3/c1-16-8-6-7-11-19(16)15-30-24-20(22(28)25(30)27(32)33-2)13-12-18-14-21(26(31)29-23(18)24)17-9-4-3-5-10-17/h3-11,14H,12-13,15H2,1-2H3,(H,29,31). The quantitative estimate of drug-likeness (QED) is 0.374. The number of aromatic nitrogens is 2. The average Bonchev–Trinajstić information content (AvgIpc) is 3.12. The average molecular weight is 503 g/mol. The first-order chi connectivity index (χ1) is 16.0. The number of carbonyl (C=O) groups excluding carboxylic acids is 1. The number of H-pyrrole nitrogens is 1. The Kier molecular flexibility index (Phi) is 5.54. The number of hydrogen-bond donors (Lipinski definition) is 1. The maximum Gasteiger partial charge on any atom is 0.355 e. The molecule has 0 aliphatic heterocycles. The van der Waals surface area contributed by atoms with Crippen molar-refractivity contribution in [2.75, 3.05) is 7.11 Å². The zero-order valence-corrected chi connectivity index (χ0v) is 20.0. The Morgan fingerprint density at radius 1 is 1.09 bits per heavy atom. The number of hydrogen-bond acceptors (Lipinski definition) is 3. The molecular formula is C27H23BrN2O3. The van der Waals surface area contributed by atoms with Crippen LogP contribution < -0.4 is 5.56 Å². The van der Waals surface area contributed by atoms with Gasteiger partial charge in [-0.3, -0.25) is 4.79 Å². The highest BCUT2D eigenvalue weighted by molar-refractivity contribution is 9.10. The molecule has 0 saturated carbocycles. The van der Waals surface area contributed by atoms with Gasteiger partial charge >= 0.3 is 5.97 Å². The number of pyridine rings is 1. The Hall–Kier alpha value is -3.38. The third-order valence-corrected chi connectivity index (χ3v) is 7.21. The fraction of sp³-hybridized carbons (Fsp3) is 0.185. The second-order valence-corrected chi connectivity index (χ2v) is 9.07. The molecule has 4 aromatic rings. The second kappa shape index (κ2) is 8.52. The lowest BCUT2D eigenvalue weighted by Gasteiger charge is -2.21. The van der Waals surface area contributed by atoms with Gasteiger partial charge in [0.05, 0.1) is 23.0 Å². The molecule has 166 valence electrons. The van der Waals surface area contributed by atoms with Gasteiger partial charge in [0.1, 0.15) is 5.69 Å². The molecule has 33 heavy (non-hydrogen) atoms. The van der Waals surface area contributed by atoms with Gasteiger partial charge < -0.3 is 14.3 Å². The van der Waals surface area contributed by atoms with Gasteiger partial charge in [0.25, 0.3) is 5.56 Å². The van der Waals surface area contributed by atoms with E-state index in [0.29, 0.717) is 17.8 Å². The maximum absolute atomic E-state index is 13.1. The van der Waals surface area contributed by atoms with E-state index in [1.807, 2.05) is 53.1 Å². The Labute approximate surface area is 200 Å². The molecule has 1 N–H and O–H groups in total. The van der Waals surface area contributed by atoms with Crippen LogP contribution in [0.5, 0.6) is 0 Å². The number of halogens is 1.